The summed E-state index contributed by atoms with van der Waals surface area (Å²) in [5, 5.41) is 3.45. The Morgan fingerprint density at radius 1 is 1.07 bits per heavy atom. The first-order chi connectivity index (χ1) is 13.1. The second-order valence-corrected chi connectivity index (χ2v) is 6.59. The summed E-state index contributed by atoms with van der Waals surface area (Å²) < 4.78 is 0. The largest absolute Gasteiger partial charge is 0.378 e. The zero-order valence-corrected chi connectivity index (χ0v) is 16.0. The third kappa shape index (κ3) is 4.53. The zero-order valence-electron chi connectivity index (χ0n) is 16.0. The summed E-state index contributed by atoms with van der Waals surface area (Å²) in [6.07, 6.45) is 1.68. The maximum Gasteiger partial charge on any atom is 0.276 e. The molecule has 0 saturated carbocycles. The van der Waals surface area contributed by atoms with Crippen LogP contribution in [-0.4, -0.2) is 17.4 Å². The summed E-state index contributed by atoms with van der Waals surface area (Å²) in [7, 11) is 0. The molecule has 0 saturated heterocycles. The number of carbonyl (C=O) groups excluding carboxylic acids is 1. The normalized spacial score (nSPS) is 11.7. The number of nitrogens with zero attached hydrogens (tertiary/aromatic N) is 2. The van der Waals surface area contributed by atoms with Crippen molar-refractivity contribution in [1.29, 1.82) is 0 Å². The standard InChI is InChI=1S/C23H25N3O/c1-4-26(21-12-8-9-17(2)15-21)23(27)22-16-20(13-14-24-22)25-18(3)19-10-6-5-7-11-19/h5-16,18H,4H2,1-3H3,(H,24,25). The Labute approximate surface area is 160 Å². The predicted molar refractivity (Wildman–Crippen MR) is 111 cm³/mol. The van der Waals surface area contributed by atoms with Crippen LogP contribution in [0.3, 0.4) is 0 Å². The quantitative estimate of drug-likeness (QED) is 0.655. The second-order valence-electron chi connectivity index (χ2n) is 6.59. The van der Waals surface area contributed by atoms with Crippen LogP contribution in [-0.2, 0) is 0 Å². The third-order valence-electron chi connectivity index (χ3n) is 4.54. The van der Waals surface area contributed by atoms with Gasteiger partial charge in [-0.15, -0.1) is 0 Å². The van der Waals surface area contributed by atoms with Crippen LogP contribution in [0.5, 0.6) is 0 Å². The molecule has 1 amide bonds. The lowest BCUT2D eigenvalue weighted by Gasteiger charge is -2.22. The van der Waals surface area contributed by atoms with Crippen LogP contribution in [0, 0.1) is 6.92 Å². The van der Waals surface area contributed by atoms with E-state index in [1.165, 1.54) is 5.56 Å². The number of hydrogen-bond donors (Lipinski definition) is 1. The number of carbonyl (C=O) groups is 1. The molecule has 4 nitrogen and oxygen atoms in total. The molecule has 0 fully saturated rings. The number of nitrogens with one attached hydrogen (secondary N) is 1. The van der Waals surface area contributed by atoms with Crippen molar-refractivity contribution < 1.29 is 4.79 Å². The van der Waals surface area contributed by atoms with Crippen LogP contribution in [0.4, 0.5) is 11.4 Å². The smallest absolute Gasteiger partial charge is 0.276 e. The lowest BCUT2D eigenvalue weighted by molar-refractivity contribution is 0.0983. The van der Waals surface area contributed by atoms with Crippen molar-refractivity contribution in [1.82, 2.24) is 4.98 Å². The van der Waals surface area contributed by atoms with Gasteiger partial charge in [-0.05, 0) is 56.2 Å². The lowest BCUT2D eigenvalue weighted by Crippen LogP contribution is -2.31. The van der Waals surface area contributed by atoms with Crippen molar-refractivity contribution in [2.24, 2.45) is 0 Å². The van der Waals surface area contributed by atoms with Gasteiger partial charge in [-0.3, -0.25) is 9.78 Å². The summed E-state index contributed by atoms with van der Waals surface area (Å²) >= 11 is 0. The van der Waals surface area contributed by atoms with Gasteiger partial charge in [0.2, 0.25) is 0 Å². The van der Waals surface area contributed by atoms with E-state index in [0.29, 0.717) is 12.2 Å². The van der Waals surface area contributed by atoms with Crippen LogP contribution in [0.15, 0.2) is 72.9 Å². The molecule has 2 aromatic carbocycles. The van der Waals surface area contributed by atoms with E-state index in [1.54, 1.807) is 11.1 Å². The molecule has 0 aliphatic heterocycles. The highest BCUT2D eigenvalue weighted by Crippen LogP contribution is 2.21. The van der Waals surface area contributed by atoms with Crippen molar-refractivity contribution in [2.75, 3.05) is 16.8 Å². The molecule has 0 bridgehead atoms. The topological polar surface area (TPSA) is 45.2 Å². The summed E-state index contributed by atoms with van der Waals surface area (Å²) in [6, 6.07) is 22.0. The molecular formula is C23H25N3O. The van der Waals surface area contributed by atoms with Gasteiger partial charge in [0.05, 0.1) is 0 Å². The van der Waals surface area contributed by atoms with Gasteiger partial charge in [0.15, 0.2) is 0 Å². The Morgan fingerprint density at radius 2 is 1.85 bits per heavy atom. The first-order valence-corrected chi connectivity index (χ1v) is 9.24. The second kappa shape index (κ2) is 8.49. The Balaban J connectivity index is 1.80. The van der Waals surface area contributed by atoms with Crippen LogP contribution in [0.2, 0.25) is 0 Å². The van der Waals surface area contributed by atoms with Gasteiger partial charge in [0.1, 0.15) is 5.69 Å². The first-order valence-electron chi connectivity index (χ1n) is 9.24. The number of amides is 1. The molecule has 0 aliphatic rings. The fourth-order valence-corrected chi connectivity index (χ4v) is 3.09. The van der Waals surface area contributed by atoms with Gasteiger partial charge in [0.25, 0.3) is 5.91 Å². The number of anilines is 2. The van der Waals surface area contributed by atoms with E-state index < -0.39 is 0 Å². The van der Waals surface area contributed by atoms with Gasteiger partial charge in [-0.1, -0.05) is 42.5 Å². The summed E-state index contributed by atoms with van der Waals surface area (Å²) in [4.78, 5) is 19.1. The monoisotopic (exact) mass is 359 g/mol. The van der Waals surface area contributed by atoms with Gasteiger partial charge in [0, 0.05) is 30.2 Å². The lowest BCUT2D eigenvalue weighted by atomic mass is 10.1. The van der Waals surface area contributed by atoms with Crippen molar-refractivity contribution >= 4 is 17.3 Å². The molecule has 1 N–H and O–H groups in total. The maximum absolute atomic E-state index is 13.0. The van der Waals surface area contributed by atoms with Gasteiger partial charge in [-0.2, -0.15) is 0 Å². The molecule has 138 valence electrons. The molecular weight excluding hydrogens is 334 g/mol. The van der Waals surface area contributed by atoms with E-state index >= 15 is 0 Å². The Morgan fingerprint density at radius 3 is 2.56 bits per heavy atom. The first kappa shape index (κ1) is 18.6. The average molecular weight is 359 g/mol. The molecule has 4 heteroatoms. The molecule has 1 atom stereocenters. The molecule has 1 heterocycles. The third-order valence-corrected chi connectivity index (χ3v) is 4.54. The van der Waals surface area contributed by atoms with Crippen LogP contribution >= 0.6 is 0 Å². The minimum atomic E-state index is -0.0980. The Hall–Kier alpha value is -3.14. The van der Waals surface area contributed by atoms with Gasteiger partial charge in [-0.25, -0.2) is 0 Å². The maximum atomic E-state index is 13.0. The highest BCUT2D eigenvalue weighted by atomic mass is 16.2. The van der Waals surface area contributed by atoms with Gasteiger partial charge < -0.3 is 10.2 Å². The van der Waals surface area contributed by atoms with E-state index in [-0.39, 0.29) is 11.9 Å². The van der Waals surface area contributed by atoms with E-state index in [4.69, 9.17) is 0 Å². The van der Waals surface area contributed by atoms with Crippen molar-refractivity contribution in [3.63, 3.8) is 0 Å². The van der Waals surface area contributed by atoms with Crippen molar-refractivity contribution in [3.8, 4) is 0 Å². The summed E-state index contributed by atoms with van der Waals surface area (Å²) in [5.41, 5.74) is 4.52. The molecule has 1 aromatic heterocycles. The van der Waals surface area contributed by atoms with Crippen LogP contribution in [0.1, 0.15) is 41.5 Å². The molecule has 0 spiro atoms. The Bertz CT molecular complexity index is 908. The van der Waals surface area contributed by atoms with Crippen LogP contribution in [0.25, 0.3) is 0 Å². The number of benzene rings is 2. The number of aryl methyl sites for hydroxylation is 1. The molecule has 0 aliphatic carbocycles. The fraction of sp³-hybridized carbons (Fsp3) is 0.217. The number of pyridine rings is 1. The SMILES string of the molecule is CCN(C(=O)c1cc(NC(C)c2ccccc2)ccn1)c1cccc(C)c1. The molecule has 27 heavy (non-hydrogen) atoms. The molecule has 3 rings (SSSR count). The number of aromatic nitrogens is 1. The van der Waals surface area contributed by atoms with Crippen molar-refractivity contribution in [2.45, 2.75) is 26.8 Å². The van der Waals surface area contributed by atoms with Gasteiger partial charge >= 0.3 is 0 Å². The Kier molecular flexibility index (Phi) is 5.87. The van der Waals surface area contributed by atoms with Crippen LogP contribution < -0.4 is 10.2 Å². The van der Waals surface area contributed by atoms with E-state index in [2.05, 4.69) is 29.4 Å². The summed E-state index contributed by atoms with van der Waals surface area (Å²) in [6.45, 7) is 6.68. The molecule has 3 aromatic rings. The summed E-state index contributed by atoms with van der Waals surface area (Å²) in [5.74, 6) is -0.0980. The minimum absolute atomic E-state index is 0.0980. The minimum Gasteiger partial charge on any atom is -0.378 e. The highest BCUT2D eigenvalue weighted by Gasteiger charge is 2.18. The number of hydrogen-bond acceptors (Lipinski definition) is 3. The zero-order chi connectivity index (χ0) is 19.2. The fourth-order valence-electron chi connectivity index (χ4n) is 3.09. The van der Waals surface area contributed by atoms with E-state index in [9.17, 15) is 4.79 Å². The number of rotatable bonds is 6. The average Bonchev–Trinajstić information content (AvgIpc) is 2.69. The van der Waals surface area contributed by atoms with E-state index in [0.717, 1.165) is 16.9 Å². The molecule has 0 radical (unpaired) electrons. The highest BCUT2D eigenvalue weighted by molar-refractivity contribution is 6.05. The van der Waals surface area contributed by atoms with E-state index in [1.807, 2.05) is 68.4 Å². The van der Waals surface area contributed by atoms with Crippen molar-refractivity contribution in [3.05, 3.63) is 89.7 Å². The predicted octanol–water partition coefficient (Wildman–Crippen LogP) is 5.23. The molecule has 1 unspecified atom stereocenters.